The summed E-state index contributed by atoms with van der Waals surface area (Å²) in [5.74, 6) is 0. The second-order valence-corrected chi connectivity index (χ2v) is 6.08. The number of carbonyl (C=O) groups is 1. The van der Waals surface area contributed by atoms with Gasteiger partial charge in [-0.25, -0.2) is 4.79 Å². The zero-order valence-electron chi connectivity index (χ0n) is 13.4. The van der Waals surface area contributed by atoms with Crippen molar-refractivity contribution in [3.05, 3.63) is 60.2 Å². The van der Waals surface area contributed by atoms with Crippen molar-refractivity contribution in [3.63, 3.8) is 0 Å². The summed E-state index contributed by atoms with van der Waals surface area (Å²) in [6.07, 6.45) is 1.52. The maximum Gasteiger partial charge on any atom is 0.408 e. The van der Waals surface area contributed by atoms with E-state index >= 15 is 0 Å². The average Bonchev–Trinajstić information content (AvgIpc) is 2.52. The third kappa shape index (κ3) is 5.03. The number of aliphatic hydroxyl groups is 1. The third-order valence-corrected chi connectivity index (χ3v) is 2.99. The van der Waals surface area contributed by atoms with Crippen molar-refractivity contribution in [2.75, 3.05) is 0 Å². The molecule has 1 amide bonds. The first kappa shape index (κ1) is 16.9. The first-order valence-corrected chi connectivity index (χ1v) is 7.36. The van der Waals surface area contributed by atoms with E-state index in [-0.39, 0.29) is 0 Å². The standard InChI is InChI=1S/C17H21N3O3/c1-17(2,3)23-16(22)20-14(12-8-4-6-10-18-12)15(21)13-9-5-7-11-19-13/h4-11,14-15,21H,1-3H3,(H,20,22)/t14-,15+/m1/s1. The molecular formula is C17H21N3O3. The van der Waals surface area contributed by atoms with Crippen LogP contribution in [0.2, 0.25) is 0 Å². The Kier molecular flexibility index (Phi) is 5.28. The largest absolute Gasteiger partial charge is 0.444 e. The van der Waals surface area contributed by atoms with Crippen LogP contribution in [0.25, 0.3) is 0 Å². The van der Waals surface area contributed by atoms with E-state index in [1.165, 1.54) is 0 Å². The van der Waals surface area contributed by atoms with E-state index in [9.17, 15) is 9.90 Å². The number of nitrogens with one attached hydrogen (secondary N) is 1. The number of aliphatic hydroxyl groups excluding tert-OH is 1. The minimum absolute atomic E-state index is 0.444. The maximum absolute atomic E-state index is 12.1. The Balaban J connectivity index is 2.24. The van der Waals surface area contributed by atoms with Crippen LogP contribution in [-0.2, 0) is 4.74 Å². The van der Waals surface area contributed by atoms with Gasteiger partial charge in [0.2, 0.25) is 0 Å². The number of amides is 1. The summed E-state index contributed by atoms with van der Waals surface area (Å²) in [7, 11) is 0. The number of nitrogens with zero attached hydrogens (tertiary/aromatic N) is 2. The molecule has 6 heteroatoms. The molecule has 0 saturated carbocycles. The average molecular weight is 315 g/mol. The summed E-state index contributed by atoms with van der Waals surface area (Å²) in [6, 6.07) is 9.74. The molecule has 2 rings (SSSR count). The summed E-state index contributed by atoms with van der Waals surface area (Å²) in [5, 5.41) is 13.3. The van der Waals surface area contributed by atoms with Crippen molar-refractivity contribution in [2.24, 2.45) is 0 Å². The first-order valence-electron chi connectivity index (χ1n) is 7.36. The van der Waals surface area contributed by atoms with Crippen LogP contribution in [0.3, 0.4) is 0 Å². The lowest BCUT2D eigenvalue weighted by atomic mass is 10.0. The molecule has 0 aromatic carbocycles. The number of hydrogen-bond acceptors (Lipinski definition) is 5. The lowest BCUT2D eigenvalue weighted by Crippen LogP contribution is -2.37. The first-order chi connectivity index (χ1) is 10.9. The van der Waals surface area contributed by atoms with E-state index < -0.39 is 23.8 Å². The van der Waals surface area contributed by atoms with Crippen molar-refractivity contribution >= 4 is 6.09 Å². The Hall–Kier alpha value is -2.47. The lowest BCUT2D eigenvalue weighted by molar-refractivity contribution is 0.0411. The number of ether oxygens (including phenoxy) is 1. The van der Waals surface area contributed by atoms with Crippen molar-refractivity contribution in [3.8, 4) is 0 Å². The SMILES string of the molecule is CC(C)(C)OC(=O)N[C@H](c1ccccn1)[C@@H](O)c1ccccn1. The number of rotatable bonds is 4. The summed E-state index contributed by atoms with van der Waals surface area (Å²) >= 11 is 0. The van der Waals surface area contributed by atoms with Gasteiger partial charge in [-0.2, -0.15) is 0 Å². The molecule has 6 nitrogen and oxygen atoms in total. The zero-order valence-corrected chi connectivity index (χ0v) is 13.4. The van der Waals surface area contributed by atoms with E-state index in [0.29, 0.717) is 11.4 Å². The van der Waals surface area contributed by atoms with Crippen molar-refractivity contribution in [1.29, 1.82) is 0 Å². The van der Waals surface area contributed by atoms with Gasteiger partial charge in [0.05, 0.1) is 11.4 Å². The highest BCUT2D eigenvalue weighted by Gasteiger charge is 2.28. The number of hydrogen-bond donors (Lipinski definition) is 2. The van der Waals surface area contributed by atoms with Gasteiger partial charge in [0, 0.05) is 12.4 Å². The second-order valence-electron chi connectivity index (χ2n) is 6.08. The molecule has 0 unspecified atom stereocenters. The molecule has 2 aromatic heterocycles. The van der Waals surface area contributed by atoms with Crippen LogP contribution in [0, 0.1) is 0 Å². The number of alkyl carbamates (subject to hydrolysis) is 1. The van der Waals surface area contributed by atoms with Gasteiger partial charge < -0.3 is 15.2 Å². The van der Waals surface area contributed by atoms with E-state index in [0.717, 1.165) is 0 Å². The Morgan fingerprint density at radius 3 is 2.13 bits per heavy atom. The fourth-order valence-corrected chi connectivity index (χ4v) is 2.03. The van der Waals surface area contributed by atoms with Gasteiger partial charge in [0.1, 0.15) is 17.7 Å². The molecule has 0 aliphatic carbocycles. The van der Waals surface area contributed by atoms with Crippen LogP contribution in [-0.4, -0.2) is 26.8 Å². The van der Waals surface area contributed by atoms with Crippen molar-refractivity contribution in [1.82, 2.24) is 15.3 Å². The van der Waals surface area contributed by atoms with Crippen LogP contribution < -0.4 is 5.32 Å². The van der Waals surface area contributed by atoms with Crippen molar-refractivity contribution in [2.45, 2.75) is 38.5 Å². The number of aromatic nitrogens is 2. The molecule has 0 aliphatic heterocycles. The van der Waals surface area contributed by atoms with Crippen LogP contribution in [0.1, 0.15) is 44.3 Å². The van der Waals surface area contributed by atoms with Gasteiger partial charge >= 0.3 is 6.09 Å². The predicted molar refractivity (Wildman–Crippen MR) is 85.5 cm³/mol. The number of pyridine rings is 2. The molecule has 0 bridgehead atoms. The topological polar surface area (TPSA) is 84.3 Å². The van der Waals surface area contributed by atoms with Crippen molar-refractivity contribution < 1.29 is 14.6 Å². The van der Waals surface area contributed by atoms with E-state index in [1.54, 1.807) is 69.6 Å². The molecule has 2 aromatic rings. The Morgan fingerprint density at radius 2 is 1.65 bits per heavy atom. The number of carbonyl (C=O) groups excluding carboxylic acids is 1. The molecule has 0 aliphatic rings. The highest BCUT2D eigenvalue weighted by molar-refractivity contribution is 5.68. The van der Waals surface area contributed by atoms with Gasteiger partial charge in [0.25, 0.3) is 0 Å². The predicted octanol–water partition coefficient (Wildman–Crippen LogP) is 2.78. The van der Waals surface area contributed by atoms with Gasteiger partial charge in [-0.15, -0.1) is 0 Å². The van der Waals surface area contributed by atoms with Crippen LogP contribution in [0.5, 0.6) is 0 Å². The van der Waals surface area contributed by atoms with E-state index in [4.69, 9.17) is 4.74 Å². The normalized spacial score (nSPS) is 13.9. The van der Waals surface area contributed by atoms with Crippen LogP contribution >= 0.6 is 0 Å². The van der Waals surface area contributed by atoms with Gasteiger partial charge in [-0.1, -0.05) is 12.1 Å². The Morgan fingerprint density at radius 1 is 1.09 bits per heavy atom. The minimum Gasteiger partial charge on any atom is -0.444 e. The fourth-order valence-electron chi connectivity index (χ4n) is 2.03. The van der Waals surface area contributed by atoms with Gasteiger partial charge in [-0.3, -0.25) is 9.97 Å². The summed E-state index contributed by atoms with van der Waals surface area (Å²) in [5.41, 5.74) is 0.338. The summed E-state index contributed by atoms with van der Waals surface area (Å²) in [4.78, 5) is 20.4. The quantitative estimate of drug-likeness (QED) is 0.906. The Bertz CT molecular complexity index is 627. The molecular weight excluding hydrogens is 294 g/mol. The van der Waals surface area contributed by atoms with Gasteiger partial charge in [-0.05, 0) is 45.0 Å². The highest BCUT2D eigenvalue weighted by atomic mass is 16.6. The molecule has 122 valence electrons. The van der Waals surface area contributed by atoms with E-state index in [2.05, 4.69) is 15.3 Å². The summed E-state index contributed by atoms with van der Waals surface area (Å²) < 4.78 is 5.27. The molecule has 2 N–H and O–H groups in total. The third-order valence-electron chi connectivity index (χ3n) is 2.99. The smallest absolute Gasteiger partial charge is 0.408 e. The van der Waals surface area contributed by atoms with Crippen LogP contribution in [0.15, 0.2) is 48.8 Å². The second kappa shape index (κ2) is 7.19. The Labute approximate surface area is 135 Å². The van der Waals surface area contributed by atoms with Gasteiger partial charge in [0.15, 0.2) is 0 Å². The van der Waals surface area contributed by atoms with E-state index in [1.807, 2.05) is 0 Å². The molecule has 23 heavy (non-hydrogen) atoms. The molecule has 2 heterocycles. The lowest BCUT2D eigenvalue weighted by Gasteiger charge is -2.26. The maximum atomic E-state index is 12.1. The molecule has 0 spiro atoms. The monoisotopic (exact) mass is 315 g/mol. The molecule has 0 saturated heterocycles. The summed E-state index contributed by atoms with van der Waals surface area (Å²) in [6.45, 7) is 5.33. The fraction of sp³-hybridized carbons (Fsp3) is 0.353. The highest BCUT2D eigenvalue weighted by Crippen LogP contribution is 2.26. The van der Waals surface area contributed by atoms with Crippen LogP contribution in [0.4, 0.5) is 4.79 Å². The molecule has 0 radical (unpaired) electrons. The molecule has 0 fully saturated rings. The minimum atomic E-state index is -1.04. The molecule has 2 atom stereocenters. The zero-order chi connectivity index (χ0) is 16.9.